The highest BCUT2D eigenvalue weighted by Gasteiger charge is 2.22. The van der Waals surface area contributed by atoms with E-state index in [2.05, 4.69) is 20.7 Å². The zero-order chi connectivity index (χ0) is 5.28. The highest BCUT2D eigenvalue weighted by molar-refractivity contribution is 9.10. The van der Waals surface area contributed by atoms with Crippen molar-refractivity contribution in [3.05, 3.63) is 0 Å². The molecule has 0 unspecified atom stereocenters. The molecule has 1 rings (SSSR count). The van der Waals surface area contributed by atoms with Crippen LogP contribution in [0.15, 0.2) is 0 Å². The average Bonchev–Trinajstić information content (AvgIpc) is 1.91. The van der Waals surface area contributed by atoms with Crippen LogP contribution in [0.4, 0.5) is 0 Å². The van der Waals surface area contributed by atoms with Gasteiger partial charge >= 0.3 is 5.97 Å². The van der Waals surface area contributed by atoms with Crippen LogP contribution in [-0.2, 0) is 9.53 Å². The van der Waals surface area contributed by atoms with Crippen LogP contribution < -0.4 is 0 Å². The minimum atomic E-state index is -0.125. The van der Waals surface area contributed by atoms with Gasteiger partial charge in [0.05, 0.1) is 6.61 Å². The molecule has 1 aliphatic heterocycles. The average molecular weight is 165 g/mol. The third-order valence-corrected chi connectivity index (χ3v) is 1.70. The molecule has 0 aromatic heterocycles. The molecule has 0 radical (unpaired) electrons. The van der Waals surface area contributed by atoms with Gasteiger partial charge in [-0.25, -0.2) is 0 Å². The Morgan fingerprint density at radius 1 is 1.86 bits per heavy atom. The van der Waals surface area contributed by atoms with Crippen molar-refractivity contribution in [3.63, 3.8) is 0 Å². The number of esters is 1. The summed E-state index contributed by atoms with van der Waals surface area (Å²) in [6, 6.07) is 0. The first-order chi connectivity index (χ1) is 3.30. The molecule has 0 N–H and O–H groups in total. The standard InChI is InChI=1S/C4H5BrO2/c5-3-1-2-7-4(3)6/h3H,1-2H2/t3-/m1/s1. The van der Waals surface area contributed by atoms with Crippen LogP contribution in [0.2, 0.25) is 0 Å². The SMILES string of the molecule is O=C1OCC[C@H]1Br. The van der Waals surface area contributed by atoms with Crippen LogP contribution in [-0.4, -0.2) is 17.4 Å². The molecular formula is C4H5BrO2. The van der Waals surface area contributed by atoms with Crippen molar-refractivity contribution in [3.8, 4) is 0 Å². The van der Waals surface area contributed by atoms with Gasteiger partial charge in [0.25, 0.3) is 0 Å². The first kappa shape index (κ1) is 5.09. The topological polar surface area (TPSA) is 26.3 Å². The monoisotopic (exact) mass is 164 g/mol. The first-order valence-corrected chi connectivity index (χ1v) is 3.03. The highest BCUT2D eigenvalue weighted by atomic mass is 79.9. The summed E-state index contributed by atoms with van der Waals surface area (Å²) in [4.78, 5) is 10.3. The summed E-state index contributed by atoms with van der Waals surface area (Å²) >= 11 is 3.13. The minimum absolute atomic E-state index is 0.0347. The van der Waals surface area contributed by atoms with Crippen molar-refractivity contribution >= 4 is 21.9 Å². The van der Waals surface area contributed by atoms with Gasteiger partial charge in [-0.3, -0.25) is 4.79 Å². The molecule has 0 aliphatic carbocycles. The maximum atomic E-state index is 10.3. The van der Waals surface area contributed by atoms with E-state index in [1.807, 2.05) is 0 Å². The number of carbonyl (C=O) groups is 1. The Morgan fingerprint density at radius 2 is 2.57 bits per heavy atom. The fraction of sp³-hybridized carbons (Fsp3) is 0.750. The van der Waals surface area contributed by atoms with Gasteiger partial charge in [0.1, 0.15) is 4.83 Å². The van der Waals surface area contributed by atoms with Gasteiger partial charge in [-0.2, -0.15) is 0 Å². The number of carbonyl (C=O) groups excluding carboxylic acids is 1. The second-order valence-corrected chi connectivity index (χ2v) is 2.53. The van der Waals surface area contributed by atoms with Crippen molar-refractivity contribution in [1.82, 2.24) is 0 Å². The Hall–Kier alpha value is -0.0500. The Labute approximate surface area is 50.0 Å². The fourth-order valence-electron chi connectivity index (χ4n) is 0.471. The third-order valence-electron chi connectivity index (χ3n) is 0.871. The molecule has 0 bridgehead atoms. The van der Waals surface area contributed by atoms with Gasteiger partial charge in [-0.1, -0.05) is 15.9 Å². The van der Waals surface area contributed by atoms with Crippen molar-refractivity contribution in [2.75, 3.05) is 6.61 Å². The summed E-state index contributed by atoms with van der Waals surface area (Å²) in [6.07, 6.45) is 0.818. The van der Waals surface area contributed by atoms with Crippen molar-refractivity contribution in [1.29, 1.82) is 0 Å². The first-order valence-electron chi connectivity index (χ1n) is 2.11. The molecule has 40 valence electrons. The number of halogens is 1. The largest absolute Gasteiger partial charge is 0.465 e. The quantitative estimate of drug-likeness (QED) is 0.390. The predicted octanol–water partition coefficient (Wildman–Crippen LogP) is 0.697. The lowest BCUT2D eigenvalue weighted by Crippen LogP contribution is -2.03. The summed E-state index contributed by atoms with van der Waals surface area (Å²) in [7, 11) is 0. The second-order valence-electron chi connectivity index (χ2n) is 1.42. The number of alkyl halides is 1. The Morgan fingerprint density at radius 3 is 2.71 bits per heavy atom. The number of ether oxygens (including phenoxy) is 1. The van der Waals surface area contributed by atoms with Gasteiger partial charge in [0.2, 0.25) is 0 Å². The number of hydrogen-bond donors (Lipinski definition) is 0. The number of rotatable bonds is 0. The lowest BCUT2D eigenvalue weighted by molar-refractivity contribution is -0.137. The van der Waals surface area contributed by atoms with E-state index in [1.54, 1.807) is 0 Å². The van der Waals surface area contributed by atoms with E-state index in [9.17, 15) is 4.79 Å². The zero-order valence-electron chi connectivity index (χ0n) is 3.69. The van der Waals surface area contributed by atoms with E-state index in [1.165, 1.54) is 0 Å². The fourth-order valence-corrected chi connectivity index (χ4v) is 0.790. The van der Waals surface area contributed by atoms with Gasteiger partial charge in [0.15, 0.2) is 0 Å². The Kier molecular flexibility index (Phi) is 1.32. The van der Waals surface area contributed by atoms with E-state index in [4.69, 9.17) is 0 Å². The van der Waals surface area contributed by atoms with E-state index >= 15 is 0 Å². The third kappa shape index (κ3) is 0.938. The molecule has 1 saturated heterocycles. The molecule has 0 aromatic rings. The van der Waals surface area contributed by atoms with Crippen molar-refractivity contribution < 1.29 is 9.53 Å². The van der Waals surface area contributed by atoms with Crippen LogP contribution in [0.1, 0.15) is 6.42 Å². The van der Waals surface area contributed by atoms with Crippen LogP contribution >= 0.6 is 15.9 Å². The predicted molar refractivity (Wildman–Crippen MR) is 28.3 cm³/mol. The van der Waals surface area contributed by atoms with Crippen LogP contribution in [0.5, 0.6) is 0 Å². The minimum Gasteiger partial charge on any atom is -0.465 e. The summed E-state index contributed by atoms with van der Waals surface area (Å²) < 4.78 is 4.58. The Balaban J connectivity index is 2.48. The number of hydrogen-bond acceptors (Lipinski definition) is 2. The summed E-state index contributed by atoms with van der Waals surface area (Å²) in [6.45, 7) is 0.578. The molecule has 1 heterocycles. The normalized spacial score (nSPS) is 30.4. The lowest BCUT2D eigenvalue weighted by atomic mass is 10.4. The molecule has 7 heavy (non-hydrogen) atoms. The second kappa shape index (κ2) is 1.82. The van der Waals surface area contributed by atoms with E-state index in [0.717, 1.165) is 6.42 Å². The molecule has 1 fully saturated rings. The number of cyclic esters (lactones) is 1. The van der Waals surface area contributed by atoms with E-state index < -0.39 is 0 Å². The van der Waals surface area contributed by atoms with Crippen LogP contribution in [0.25, 0.3) is 0 Å². The lowest BCUT2D eigenvalue weighted by Gasteiger charge is -1.86. The molecule has 0 amide bonds. The molecule has 0 saturated carbocycles. The maximum Gasteiger partial charge on any atom is 0.319 e. The van der Waals surface area contributed by atoms with E-state index in [0.29, 0.717) is 6.61 Å². The summed E-state index contributed by atoms with van der Waals surface area (Å²) in [5, 5.41) is 0. The van der Waals surface area contributed by atoms with Gasteiger partial charge in [0, 0.05) is 6.42 Å². The highest BCUT2D eigenvalue weighted by Crippen LogP contribution is 2.13. The molecule has 0 aromatic carbocycles. The zero-order valence-corrected chi connectivity index (χ0v) is 5.27. The smallest absolute Gasteiger partial charge is 0.319 e. The molecule has 1 aliphatic rings. The molecule has 2 nitrogen and oxygen atoms in total. The molecule has 1 atom stereocenters. The van der Waals surface area contributed by atoms with Gasteiger partial charge < -0.3 is 4.74 Å². The van der Waals surface area contributed by atoms with E-state index in [-0.39, 0.29) is 10.8 Å². The Bertz CT molecular complexity index is 91.7. The van der Waals surface area contributed by atoms with Gasteiger partial charge in [-0.15, -0.1) is 0 Å². The van der Waals surface area contributed by atoms with Crippen molar-refractivity contribution in [2.24, 2.45) is 0 Å². The summed E-state index contributed by atoms with van der Waals surface area (Å²) in [5.74, 6) is -0.125. The summed E-state index contributed by atoms with van der Waals surface area (Å²) in [5.41, 5.74) is 0. The maximum absolute atomic E-state index is 10.3. The van der Waals surface area contributed by atoms with Crippen LogP contribution in [0, 0.1) is 0 Å². The van der Waals surface area contributed by atoms with Gasteiger partial charge in [-0.05, 0) is 0 Å². The molecule has 3 heteroatoms. The molecule has 0 spiro atoms. The van der Waals surface area contributed by atoms with Crippen molar-refractivity contribution in [2.45, 2.75) is 11.2 Å². The van der Waals surface area contributed by atoms with Crippen LogP contribution in [0.3, 0.4) is 0 Å². The molecular weight excluding hydrogens is 160 g/mol.